The van der Waals surface area contributed by atoms with Crippen molar-refractivity contribution in [3.05, 3.63) is 99.3 Å². The molecule has 3 aromatic rings. The average molecular weight is 516 g/mol. The molecule has 0 aliphatic carbocycles. The summed E-state index contributed by atoms with van der Waals surface area (Å²) in [6.45, 7) is 9.09. The summed E-state index contributed by atoms with van der Waals surface area (Å²) in [6, 6.07) is 20.3. The lowest BCUT2D eigenvalue weighted by Gasteiger charge is -2.26. The Kier molecular flexibility index (Phi) is 9.33. The van der Waals surface area contributed by atoms with E-state index in [1.54, 1.807) is 0 Å². The fraction of sp³-hybridized carbons (Fsp3) is 0.345. The van der Waals surface area contributed by atoms with Crippen molar-refractivity contribution in [3.8, 4) is 11.1 Å². The van der Waals surface area contributed by atoms with Crippen molar-refractivity contribution in [2.24, 2.45) is 0 Å². The van der Waals surface area contributed by atoms with Gasteiger partial charge in [-0.25, -0.2) is 0 Å². The molecule has 0 saturated carbocycles. The van der Waals surface area contributed by atoms with Crippen LogP contribution in [0.2, 0.25) is 15.1 Å². The van der Waals surface area contributed by atoms with E-state index in [9.17, 15) is 0 Å². The molecule has 34 heavy (non-hydrogen) atoms. The normalized spacial score (nSPS) is 15.4. The van der Waals surface area contributed by atoms with Crippen LogP contribution < -0.4 is 0 Å². The molecule has 0 amide bonds. The lowest BCUT2D eigenvalue weighted by atomic mass is 9.90. The summed E-state index contributed by atoms with van der Waals surface area (Å²) in [4.78, 5) is 2.50. The quantitative estimate of drug-likeness (QED) is 0.265. The fourth-order valence-electron chi connectivity index (χ4n) is 4.49. The van der Waals surface area contributed by atoms with E-state index >= 15 is 0 Å². The van der Waals surface area contributed by atoms with E-state index in [1.807, 2.05) is 30.3 Å². The van der Waals surface area contributed by atoms with Crippen molar-refractivity contribution >= 4 is 34.8 Å². The number of likely N-dealkylation sites (tertiary alicyclic amines) is 1. The molecule has 1 saturated heterocycles. The van der Waals surface area contributed by atoms with Gasteiger partial charge in [-0.2, -0.15) is 0 Å². The molecule has 3 aromatic carbocycles. The van der Waals surface area contributed by atoms with E-state index in [1.165, 1.54) is 49.0 Å². The van der Waals surface area contributed by atoms with Crippen LogP contribution in [0.5, 0.6) is 0 Å². The molecule has 1 radical (unpaired) electrons. The van der Waals surface area contributed by atoms with Gasteiger partial charge in [-0.3, -0.25) is 0 Å². The second-order valence-electron chi connectivity index (χ2n) is 9.02. The van der Waals surface area contributed by atoms with Crippen LogP contribution in [0.1, 0.15) is 41.9 Å². The standard InChI is InChI=1S/C29H31Cl3NO/c1-21(22-7-10-27(30)11-8-22)17-23-5-6-24(25-9-12-28(31)29(32)19-25)18-26(23)20-34-16-15-33-13-3-2-4-14-33/h5-12,18-19,21H,1-4,13-17,20H2. The van der Waals surface area contributed by atoms with E-state index in [-0.39, 0.29) is 5.92 Å². The zero-order chi connectivity index (χ0) is 23.9. The predicted octanol–water partition coefficient (Wildman–Crippen LogP) is 8.48. The number of ether oxygens (including phenoxy) is 1. The highest BCUT2D eigenvalue weighted by Crippen LogP contribution is 2.31. The number of hydrogen-bond donors (Lipinski definition) is 0. The molecule has 1 aliphatic heterocycles. The zero-order valence-electron chi connectivity index (χ0n) is 19.4. The molecule has 1 aliphatic rings. The van der Waals surface area contributed by atoms with E-state index < -0.39 is 0 Å². The third-order valence-electron chi connectivity index (χ3n) is 6.53. The van der Waals surface area contributed by atoms with Crippen LogP contribution in [-0.2, 0) is 17.8 Å². The molecule has 179 valence electrons. The van der Waals surface area contributed by atoms with Gasteiger partial charge in [0.05, 0.1) is 23.3 Å². The summed E-state index contributed by atoms with van der Waals surface area (Å²) in [5, 5.41) is 1.86. The third-order valence-corrected chi connectivity index (χ3v) is 7.52. The Morgan fingerprint density at radius 2 is 1.50 bits per heavy atom. The minimum atomic E-state index is 0.125. The van der Waals surface area contributed by atoms with Crippen LogP contribution >= 0.6 is 34.8 Å². The number of piperidine rings is 1. The highest BCUT2D eigenvalue weighted by molar-refractivity contribution is 6.42. The summed E-state index contributed by atoms with van der Waals surface area (Å²) in [5.74, 6) is 0.125. The van der Waals surface area contributed by atoms with Crippen molar-refractivity contribution in [1.29, 1.82) is 0 Å². The minimum absolute atomic E-state index is 0.125. The average Bonchev–Trinajstić information content (AvgIpc) is 2.85. The van der Waals surface area contributed by atoms with Gasteiger partial charge in [0.15, 0.2) is 0 Å². The van der Waals surface area contributed by atoms with Crippen LogP contribution in [0, 0.1) is 6.92 Å². The second-order valence-corrected chi connectivity index (χ2v) is 10.3. The summed E-state index contributed by atoms with van der Waals surface area (Å²) in [7, 11) is 0. The molecular formula is C29H31Cl3NO. The Morgan fingerprint density at radius 3 is 2.24 bits per heavy atom. The van der Waals surface area contributed by atoms with Gasteiger partial charge in [-0.15, -0.1) is 0 Å². The summed E-state index contributed by atoms with van der Waals surface area (Å²) >= 11 is 18.5. The second kappa shape index (κ2) is 12.4. The van der Waals surface area contributed by atoms with Crippen LogP contribution in [0.4, 0.5) is 0 Å². The van der Waals surface area contributed by atoms with Crippen molar-refractivity contribution in [2.45, 2.75) is 38.2 Å². The van der Waals surface area contributed by atoms with Gasteiger partial charge in [0, 0.05) is 11.6 Å². The molecule has 0 N–H and O–H groups in total. The maximum Gasteiger partial charge on any atom is 0.0720 e. The third kappa shape index (κ3) is 6.99. The first-order valence-corrected chi connectivity index (χ1v) is 13.1. The lowest BCUT2D eigenvalue weighted by molar-refractivity contribution is 0.0859. The Morgan fingerprint density at radius 1 is 0.794 bits per heavy atom. The molecule has 2 nitrogen and oxygen atoms in total. The summed E-state index contributed by atoms with van der Waals surface area (Å²) < 4.78 is 6.17. The Balaban J connectivity index is 1.50. The van der Waals surface area contributed by atoms with E-state index in [0.29, 0.717) is 16.7 Å². The summed E-state index contributed by atoms with van der Waals surface area (Å²) in [5.41, 5.74) is 5.75. The number of rotatable bonds is 9. The molecule has 0 bridgehead atoms. The first-order chi connectivity index (χ1) is 16.5. The molecule has 1 atom stereocenters. The topological polar surface area (TPSA) is 12.5 Å². The molecule has 1 fully saturated rings. The molecule has 0 aromatic heterocycles. The van der Waals surface area contributed by atoms with Gasteiger partial charge in [0.1, 0.15) is 0 Å². The zero-order valence-corrected chi connectivity index (χ0v) is 21.7. The first kappa shape index (κ1) is 25.5. The van der Waals surface area contributed by atoms with Gasteiger partial charge in [0.2, 0.25) is 0 Å². The highest BCUT2D eigenvalue weighted by Gasteiger charge is 2.14. The molecule has 1 unspecified atom stereocenters. The van der Waals surface area contributed by atoms with Crippen LogP contribution in [-0.4, -0.2) is 31.1 Å². The number of benzene rings is 3. The van der Waals surface area contributed by atoms with Gasteiger partial charge in [-0.05, 0) is 103 Å². The van der Waals surface area contributed by atoms with Crippen molar-refractivity contribution in [1.82, 2.24) is 4.90 Å². The van der Waals surface area contributed by atoms with Crippen LogP contribution in [0.25, 0.3) is 11.1 Å². The van der Waals surface area contributed by atoms with E-state index in [2.05, 4.69) is 42.2 Å². The van der Waals surface area contributed by atoms with Crippen LogP contribution in [0.3, 0.4) is 0 Å². The van der Waals surface area contributed by atoms with Gasteiger partial charge in [0.25, 0.3) is 0 Å². The molecule has 1 heterocycles. The summed E-state index contributed by atoms with van der Waals surface area (Å²) in [6.07, 6.45) is 4.77. The molecule has 4 rings (SSSR count). The highest BCUT2D eigenvalue weighted by atomic mass is 35.5. The molecule has 5 heteroatoms. The van der Waals surface area contributed by atoms with Crippen molar-refractivity contribution in [2.75, 3.05) is 26.2 Å². The Hall–Kier alpha value is -1.55. The number of halogens is 3. The largest absolute Gasteiger partial charge is 0.375 e. The number of nitrogens with zero attached hydrogens (tertiary/aromatic N) is 1. The SMILES string of the molecule is [CH2]C(Cc1ccc(-c2ccc(Cl)c(Cl)c2)cc1COCCN1CCCCC1)c1ccc(Cl)cc1. The molecule has 0 spiro atoms. The van der Waals surface area contributed by atoms with Crippen molar-refractivity contribution < 1.29 is 4.74 Å². The minimum Gasteiger partial charge on any atom is -0.375 e. The number of hydrogen-bond acceptors (Lipinski definition) is 2. The maximum absolute atomic E-state index is 6.28. The van der Waals surface area contributed by atoms with Gasteiger partial charge in [-0.1, -0.05) is 71.6 Å². The fourth-order valence-corrected chi connectivity index (χ4v) is 4.92. The van der Waals surface area contributed by atoms with Gasteiger partial charge >= 0.3 is 0 Å². The van der Waals surface area contributed by atoms with E-state index in [4.69, 9.17) is 39.5 Å². The lowest BCUT2D eigenvalue weighted by Crippen LogP contribution is -2.32. The maximum atomic E-state index is 6.28. The van der Waals surface area contributed by atoms with E-state index in [0.717, 1.165) is 35.7 Å². The Labute approximate surface area is 218 Å². The van der Waals surface area contributed by atoms with Crippen LogP contribution in [0.15, 0.2) is 60.7 Å². The predicted molar refractivity (Wildman–Crippen MR) is 145 cm³/mol. The molecular weight excluding hydrogens is 485 g/mol. The van der Waals surface area contributed by atoms with Gasteiger partial charge < -0.3 is 9.64 Å². The Bertz CT molecular complexity index is 1080. The van der Waals surface area contributed by atoms with Crippen molar-refractivity contribution in [3.63, 3.8) is 0 Å². The smallest absolute Gasteiger partial charge is 0.0720 e. The first-order valence-electron chi connectivity index (χ1n) is 12.0. The monoisotopic (exact) mass is 514 g/mol.